The first kappa shape index (κ1) is 14.8. The van der Waals surface area contributed by atoms with Gasteiger partial charge in [0, 0.05) is 6.42 Å². The van der Waals surface area contributed by atoms with Crippen molar-refractivity contribution in [3.05, 3.63) is 10.7 Å². The summed E-state index contributed by atoms with van der Waals surface area (Å²) in [6.07, 6.45) is 2.78. The fourth-order valence-corrected chi connectivity index (χ4v) is 1.29. The molecule has 0 aliphatic heterocycles. The highest BCUT2D eigenvalue weighted by Gasteiger charge is 2.17. The minimum atomic E-state index is -0.598. The molecule has 0 aliphatic carbocycles. The Kier molecular flexibility index (Phi) is 7.45. The zero-order chi connectivity index (χ0) is 12.6. The molecule has 1 amide bonds. The first-order valence-electron chi connectivity index (χ1n) is 5.07. The molecule has 0 bridgehead atoms. The zero-order valence-electron chi connectivity index (χ0n) is 9.83. The number of amides is 1. The summed E-state index contributed by atoms with van der Waals surface area (Å²) >= 11 is 1.19. The van der Waals surface area contributed by atoms with Crippen LogP contribution in [-0.2, 0) is 14.3 Å². The molecular weight excluding hydrogens is 228 g/mol. The summed E-state index contributed by atoms with van der Waals surface area (Å²) in [5.41, 5.74) is 5.65. The maximum Gasteiger partial charge on any atom is 0.357 e. The van der Waals surface area contributed by atoms with Gasteiger partial charge in [-0.15, -0.1) is 11.8 Å². The van der Waals surface area contributed by atoms with Crippen LogP contribution in [0.4, 0.5) is 0 Å². The van der Waals surface area contributed by atoms with E-state index in [1.165, 1.54) is 11.8 Å². The Balaban J connectivity index is 4.70. The lowest BCUT2D eigenvalue weighted by atomic mass is 10.3. The van der Waals surface area contributed by atoms with Crippen molar-refractivity contribution < 1.29 is 14.3 Å². The smallest absolute Gasteiger partial charge is 0.357 e. The second kappa shape index (κ2) is 8.04. The fourth-order valence-electron chi connectivity index (χ4n) is 0.948. The van der Waals surface area contributed by atoms with Crippen LogP contribution in [0.1, 0.15) is 26.7 Å². The van der Waals surface area contributed by atoms with E-state index in [1.54, 1.807) is 13.2 Å². The number of hydrogen-bond acceptors (Lipinski definition) is 5. The average molecular weight is 246 g/mol. The Bertz CT molecular complexity index is 290. The van der Waals surface area contributed by atoms with Crippen molar-refractivity contribution >= 4 is 23.6 Å². The highest BCUT2D eigenvalue weighted by Crippen LogP contribution is 2.10. The van der Waals surface area contributed by atoms with E-state index in [1.807, 2.05) is 6.92 Å². The van der Waals surface area contributed by atoms with Gasteiger partial charge in [0.25, 0.3) is 0 Å². The van der Waals surface area contributed by atoms with Gasteiger partial charge in [-0.05, 0) is 19.6 Å². The van der Waals surface area contributed by atoms with E-state index >= 15 is 0 Å². The number of nitrogens with two attached hydrogens (primary N) is 1. The van der Waals surface area contributed by atoms with Crippen molar-refractivity contribution in [1.29, 1.82) is 0 Å². The van der Waals surface area contributed by atoms with Crippen LogP contribution in [0.2, 0.25) is 0 Å². The van der Waals surface area contributed by atoms with Gasteiger partial charge >= 0.3 is 5.97 Å². The van der Waals surface area contributed by atoms with E-state index in [2.05, 4.69) is 5.32 Å². The maximum absolute atomic E-state index is 11.5. The zero-order valence-corrected chi connectivity index (χ0v) is 10.6. The number of carbonyl (C=O) groups is 2. The van der Waals surface area contributed by atoms with Gasteiger partial charge in [-0.1, -0.05) is 6.92 Å². The lowest BCUT2D eigenvalue weighted by molar-refractivity contribution is -0.140. The van der Waals surface area contributed by atoms with Crippen molar-refractivity contribution in [2.45, 2.75) is 26.7 Å². The van der Waals surface area contributed by atoms with E-state index in [9.17, 15) is 9.59 Å². The molecule has 6 heteroatoms. The van der Waals surface area contributed by atoms with Gasteiger partial charge in [-0.25, -0.2) is 4.79 Å². The standard InChI is InChI=1S/C10H18N2O3S/c1-4-6-7(13)12-8(9(11)16-3)10(14)15-5-2/h4-6,11H2,1-3H3,(H,12,13)/b9-8-. The summed E-state index contributed by atoms with van der Waals surface area (Å²) in [6, 6.07) is 0. The summed E-state index contributed by atoms with van der Waals surface area (Å²) in [7, 11) is 0. The molecule has 0 atom stereocenters. The van der Waals surface area contributed by atoms with Crippen molar-refractivity contribution in [2.75, 3.05) is 12.9 Å². The number of thioether (sulfide) groups is 1. The number of rotatable bonds is 6. The molecule has 5 nitrogen and oxygen atoms in total. The normalized spacial score (nSPS) is 11.7. The molecular formula is C10H18N2O3S. The third-order valence-electron chi connectivity index (χ3n) is 1.69. The Hall–Kier alpha value is -1.17. The fraction of sp³-hybridized carbons (Fsp3) is 0.600. The van der Waals surface area contributed by atoms with E-state index in [0.717, 1.165) is 0 Å². The molecule has 3 N–H and O–H groups in total. The lowest BCUT2D eigenvalue weighted by Gasteiger charge is -2.10. The predicted molar refractivity (Wildman–Crippen MR) is 64.4 cm³/mol. The molecule has 0 saturated carbocycles. The quantitative estimate of drug-likeness (QED) is 0.539. The third kappa shape index (κ3) is 5.06. The number of esters is 1. The molecule has 0 unspecified atom stereocenters. The first-order valence-corrected chi connectivity index (χ1v) is 6.29. The highest BCUT2D eigenvalue weighted by molar-refractivity contribution is 8.02. The molecule has 0 aromatic heterocycles. The molecule has 0 spiro atoms. The van der Waals surface area contributed by atoms with Crippen LogP contribution in [-0.4, -0.2) is 24.7 Å². The predicted octanol–water partition coefficient (Wildman–Crippen LogP) is 0.957. The molecule has 0 heterocycles. The van der Waals surface area contributed by atoms with Crippen LogP contribution < -0.4 is 11.1 Å². The van der Waals surface area contributed by atoms with Crippen molar-refractivity contribution in [1.82, 2.24) is 5.32 Å². The topological polar surface area (TPSA) is 81.4 Å². The third-order valence-corrected chi connectivity index (χ3v) is 2.33. The minimum absolute atomic E-state index is 0.0350. The summed E-state index contributed by atoms with van der Waals surface area (Å²) in [5.74, 6) is -0.832. The van der Waals surface area contributed by atoms with Gasteiger partial charge in [-0.3, -0.25) is 4.79 Å². The maximum atomic E-state index is 11.5. The number of hydrogen-bond donors (Lipinski definition) is 2. The lowest BCUT2D eigenvalue weighted by Crippen LogP contribution is -2.30. The second-order valence-electron chi connectivity index (χ2n) is 2.96. The van der Waals surface area contributed by atoms with E-state index in [0.29, 0.717) is 12.8 Å². The SMILES string of the molecule is CCCC(=O)N/C(C(=O)OCC)=C(/N)SC. The van der Waals surface area contributed by atoms with Crippen LogP contribution in [0.3, 0.4) is 0 Å². The van der Waals surface area contributed by atoms with Crippen LogP contribution >= 0.6 is 11.8 Å². The van der Waals surface area contributed by atoms with Crippen LogP contribution in [0.25, 0.3) is 0 Å². The monoisotopic (exact) mass is 246 g/mol. The summed E-state index contributed by atoms with van der Waals surface area (Å²) < 4.78 is 4.80. The molecule has 0 rings (SSSR count). The van der Waals surface area contributed by atoms with Crippen molar-refractivity contribution in [3.8, 4) is 0 Å². The highest BCUT2D eigenvalue weighted by atomic mass is 32.2. The Morgan fingerprint density at radius 2 is 2.00 bits per heavy atom. The van der Waals surface area contributed by atoms with Crippen LogP contribution in [0, 0.1) is 0 Å². The average Bonchev–Trinajstić information content (AvgIpc) is 2.25. The Morgan fingerprint density at radius 3 is 2.44 bits per heavy atom. The number of nitrogens with one attached hydrogen (secondary N) is 1. The van der Waals surface area contributed by atoms with E-state index < -0.39 is 5.97 Å². The molecule has 92 valence electrons. The molecule has 0 radical (unpaired) electrons. The second-order valence-corrected chi connectivity index (χ2v) is 3.81. The Labute approximate surface area is 99.8 Å². The van der Waals surface area contributed by atoms with E-state index in [4.69, 9.17) is 10.5 Å². The van der Waals surface area contributed by atoms with Crippen LogP contribution in [0.15, 0.2) is 10.7 Å². The first-order chi connectivity index (χ1) is 7.56. The molecule has 16 heavy (non-hydrogen) atoms. The van der Waals surface area contributed by atoms with Gasteiger partial charge in [0.15, 0.2) is 5.70 Å². The Morgan fingerprint density at radius 1 is 1.38 bits per heavy atom. The minimum Gasteiger partial charge on any atom is -0.461 e. The molecule has 0 aromatic rings. The van der Waals surface area contributed by atoms with Gasteiger partial charge in [0.05, 0.1) is 11.6 Å². The molecule has 0 saturated heterocycles. The van der Waals surface area contributed by atoms with Crippen molar-refractivity contribution in [2.24, 2.45) is 5.73 Å². The van der Waals surface area contributed by atoms with Crippen LogP contribution in [0.5, 0.6) is 0 Å². The number of ether oxygens (including phenoxy) is 1. The van der Waals surface area contributed by atoms with E-state index in [-0.39, 0.29) is 23.2 Å². The summed E-state index contributed by atoms with van der Waals surface area (Å²) in [6.45, 7) is 3.82. The summed E-state index contributed by atoms with van der Waals surface area (Å²) in [5, 5.41) is 2.73. The largest absolute Gasteiger partial charge is 0.461 e. The van der Waals surface area contributed by atoms with Gasteiger partial charge in [0.1, 0.15) is 0 Å². The molecule has 0 aliphatic rings. The number of carbonyl (C=O) groups excluding carboxylic acids is 2. The van der Waals surface area contributed by atoms with Gasteiger partial charge < -0.3 is 15.8 Å². The van der Waals surface area contributed by atoms with Gasteiger partial charge in [0.2, 0.25) is 5.91 Å². The molecule has 0 aromatic carbocycles. The summed E-state index contributed by atoms with van der Waals surface area (Å²) in [4.78, 5) is 22.9. The van der Waals surface area contributed by atoms with Gasteiger partial charge in [-0.2, -0.15) is 0 Å². The van der Waals surface area contributed by atoms with Crippen molar-refractivity contribution in [3.63, 3.8) is 0 Å². The molecule has 0 fully saturated rings.